The van der Waals surface area contributed by atoms with E-state index in [-0.39, 0.29) is 12.0 Å². The van der Waals surface area contributed by atoms with Crippen LogP contribution in [0.2, 0.25) is 0 Å². The zero-order valence-electron chi connectivity index (χ0n) is 6.28. The molecule has 66 valence electrons. The second kappa shape index (κ2) is 2.17. The largest absolute Gasteiger partial charge is 0.351 e. The van der Waals surface area contributed by atoms with Crippen LogP contribution in [-0.4, -0.2) is 24.3 Å². The fourth-order valence-electron chi connectivity index (χ4n) is 1.65. The van der Waals surface area contributed by atoms with Crippen LogP contribution in [0.15, 0.2) is 0 Å². The molecule has 0 aromatic carbocycles. The summed E-state index contributed by atoms with van der Waals surface area (Å²) in [6, 6.07) is 0. The Morgan fingerprint density at radius 2 is 2.42 bits per heavy atom. The van der Waals surface area contributed by atoms with Crippen LogP contribution in [0.1, 0.15) is 12.8 Å². The van der Waals surface area contributed by atoms with Gasteiger partial charge in [0, 0.05) is 6.54 Å². The van der Waals surface area contributed by atoms with Crippen molar-refractivity contribution in [2.75, 3.05) is 6.54 Å². The molecular weight excluding hydrogens is 181 g/mol. The highest BCUT2D eigenvalue weighted by atomic mass is 31.2. The van der Waals surface area contributed by atoms with Crippen LogP contribution < -0.4 is 5.32 Å². The molecule has 0 aromatic rings. The maximum absolute atomic E-state index is 11.4. The lowest BCUT2D eigenvalue weighted by molar-refractivity contribution is -0.188. The molecule has 1 amide bonds. The van der Waals surface area contributed by atoms with Gasteiger partial charge in [-0.2, -0.15) is 0 Å². The Kier molecular flexibility index (Phi) is 1.31. The van der Waals surface area contributed by atoms with Crippen molar-refractivity contribution in [2.45, 2.75) is 24.7 Å². The van der Waals surface area contributed by atoms with Crippen LogP contribution in [0.4, 0.5) is 0 Å². The van der Waals surface area contributed by atoms with E-state index in [4.69, 9.17) is 13.6 Å². The molecule has 1 spiro atoms. The van der Waals surface area contributed by atoms with E-state index in [9.17, 15) is 4.79 Å². The van der Waals surface area contributed by atoms with E-state index in [2.05, 4.69) is 5.32 Å². The third kappa shape index (κ3) is 0.702. The molecular formula is C6H8NO4P. The number of carbonyl (C=O) groups excluding carboxylic acids is 1. The van der Waals surface area contributed by atoms with Gasteiger partial charge in [0.2, 0.25) is 0 Å². The monoisotopic (exact) mass is 189 g/mol. The molecule has 6 heteroatoms. The second-order valence-corrected chi connectivity index (χ2v) is 4.09. The summed E-state index contributed by atoms with van der Waals surface area (Å²) < 4.78 is 15.8. The average molecular weight is 189 g/mol. The van der Waals surface area contributed by atoms with Gasteiger partial charge in [-0.05, 0) is 12.8 Å². The minimum atomic E-state index is -1.18. The van der Waals surface area contributed by atoms with Gasteiger partial charge in [-0.25, -0.2) is 0 Å². The first kappa shape index (κ1) is 7.21. The smallest absolute Gasteiger partial charge is 0.339 e. The summed E-state index contributed by atoms with van der Waals surface area (Å²) in [6.07, 6.45) is 1.58. The predicted molar refractivity (Wildman–Crippen MR) is 38.9 cm³/mol. The van der Waals surface area contributed by atoms with Crippen LogP contribution in [0, 0.1) is 0 Å². The number of hydrogen-bond donors (Lipinski definition) is 1. The van der Waals surface area contributed by atoms with Crippen LogP contribution in [0.25, 0.3) is 0 Å². The van der Waals surface area contributed by atoms with Crippen LogP contribution in [-0.2, 0) is 18.4 Å². The summed E-state index contributed by atoms with van der Waals surface area (Å²) in [4.78, 5) is 11.4. The van der Waals surface area contributed by atoms with Gasteiger partial charge in [-0.1, -0.05) is 0 Å². The minimum Gasteiger partial charge on any atom is -0.351 e. The molecule has 12 heavy (non-hydrogen) atoms. The van der Waals surface area contributed by atoms with Crippen molar-refractivity contribution in [3.8, 4) is 0 Å². The maximum atomic E-state index is 11.4. The Morgan fingerprint density at radius 1 is 1.58 bits per heavy atom. The molecule has 4 fully saturated rings. The molecule has 5 nitrogen and oxygen atoms in total. The molecule has 0 aliphatic carbocycles. The third-order valence-electron chi connectivity index (χ3n) is 2.30. The Morgan fingerprint density at radius 3 is 3.25 bits per heavy atom. The normalized spacial score (nSPS) is 50.5. The van der Waals surface area contributed by atoms with Crippen LogP contribution in [0.5, 0.6) is 0 Å². The summed E-state index contributed by atoms with van der Waals surface area (Å²) in [6.45, 7) is 0.686. The van der Waals surface area contributed by atoms with E-state index in [1.165, 1.54) is 0 Å². The van der Waals surface area contributed by atoms with Gasteiger partial charge in [-0.15, -0.1) is 0 Å². The molecule has 0 radical (unpaired) electrons. The second-order valence-electron chi connectivity index (χ2n) is 3.07. The van der Waals surface area contributed by atoms with Gasteiger partial charge in [0.05, 0.1) is 0 Å². The van der Waals surface area contributed by atoms with Gasteiger partial charge < -0.3 is 9.84 Å². The number of hydrogen-bond acceptors (Lipinski definition) is 4. The summed E-state index contributed by atoms with van der Waals surface area (Å²) in [5.74, 6) is -1.25. The molecule has 0 saturated carbocycles. The van der Waals surface area contributed by atoms with E-state index < -0.39 is 14.4 Å². The van der Waals surface area contributed by atoms with Crippen molar-refractivity contribution in [1.82, 2.24) is 5.32 Å². The van der Waals surface area contributed by atoms with E-state index in [1.54, 1.807) is 0 Å². The highest BCUT2D eigenvalue weighted by molar-refractivity contribution is 7.43. The molecule has 1 N–H and O–H groups in total. The SMILES string of the molecule is O=C1NCCCC2OP3OC12O3. The standard InChI is InChI=1S/C6H8NO4P/c8-5-6-4(2-1-3-7-5)9-12(10-6)11-6/h4H,1-3H2,(H,7,8). The van der Waals surface area contributed by atoms with E-state index in [0.29, 0.717) is 6.54 Å². The van der Waals surface area contributed by atoms with Gasteiger partial charge in [0.15, 0.2) is 0 Å². The Hall–Kier alpha value is -0.220. The minimum absolute atomic E-state index is 0.175. The summed E-state index contributed by atoms with van der Waals surface area (Å²) >= 11 is 0. The lowest BCUT2D eigenvalue weighted by atomic mass is 10.1. The van der Waals surface area contributed by atoms with Crippen LogP contribution in [0.3, 0.4) is 0 Å². The quantitative estimate of drug-likeness (QED) is 0.555. The van der Waals surface area contributed by atoms with Gasteiger partial charge >= 0.3 is 8.60 Å². The fraction of sp³-hybridized carbons (Fsp3) is 0.833. The third-order valence-corrected chi connectivity index (χ3v) is 3.57. The molecule has 0 aromatic heterocycles. The van der Waals surface area contributed by atoms with Crippen molar-refractivity contribution in [1.29, 1.82) is 0 Å². The van der Waals surface area contributed by atoms with Crippen molar-refractivity contribution in [3.63, 3.8) is 0 Å². The number of carbonyl (C=O) groups is 1. The first-order valence-electron chi connectivity index (χ1n) is 3.95. The molecule has 1 atom stereocenters. The summed E-state index contributed by atoms with van der Waals surface area (Å²) in [5, 5.41) is 2.74. The average Bonchev–Trinajstić information content (AvgIpc) is 2.46. The van der Waals surface area contributed by atoms with Gasteiger partial charge in [0.1, 0.15) is 6.10 Å². The van der Waals surface area contributed by atoms with Crippen molar-refractivity contribution >= 4 is 14.5 Å². The summed E-state index contributed by atoms with van der Waals surface area (Å²) in [7, 11) is -1.18. The van der Waals surface area contributed by atoms with E-state index in [1.807, 2.05) is 0 Å². The van der Waals surface area contributed by atoms with Crippen molar-refractivity contribution in [2.24, 2.45) is 0 Å². The molecule has 4 aliphatic heterocycles. The van der Waals surface area contributed by atoms with Crippen molar-refractivity contribution in [3.05, 3.63) is 0 Å². The molecule has 4 heterocycles. The first-order chi connectivity index (χ1) is 5.81. The first-order valence-corrected chi connectivity index (χ1v) is 5.04. The fourth-order valence-corrected chi connectivity index (χ4v) is 3.04. The van der Waals surface area contributed by atoms with Gasteiger partial charge in [-0.3, -0.25) is 13.8 Å². The van der Waals surface area contributed by atoms with Gasteiger partial charge in [0.25, 0.3) is 11.7 Å². The number of amides is 1. The van der Waals surface area contributed by atoms with Crippen molar-refractivity contribution < 1.29 is 18.4 Å². The highest BCUT2D eigenvalue weighted by Crippen LogP contribution is 2.68. The molecule has 4 saturated heterocycles. The number of nitrogens with one attached hydrogen (secondary N) is 1. The predicted octanol–water partition coefficient (Wildman–Crippen LogP) is 0.265. The Labute approximate surface area is 70.4 Å². The molecule has 4 aliphatic rings. The Bertz CT molecular complexity index is 240. The lowest BCUT2D eigenvalue weighted by Gasteiger charge is -2.32. The highest BCUT2D eigenvalue weighted by Gasteiger charge is 2.69. The number of rotatable bonds is 0. The Balaban J connectivity index is 1.95. The van der Waals surface area contributed by atoms with E-state index in [0.717, 1.165) is 12.8 Å². The lowest BCUT2D eigenvalue weighted by Crippen LogP contribution is -2.54. The molecule has 4 rings (SSSR count). The van der Waals surface area contributed by atoms with E-state index >= 15 is 0 Å². The maximum Gasteiger partial charge on any atom is 0.339 e. The zero-order chi connectivity index (χ0) is 8.18. The summed E-state index contributed by atoms with van der Waals surface area (Å²) in [5.41, 5.74) is 0. The zero-order valence-corrected chi connectivity index (χ0v) is 7.17. The van der Waals surface area contributed by atoms with Crippen LogP contribution >= 0.6 is 8.60 Å². The topological polar surface area (TPSA) is 56.8 Å². The molecule has 2 bridgehead atoms. The molecule has 1 unspecified atom stereocenters.